The van der Waals surface area contributed by atoms with Gasteiger partial charge in [-0.05, 0) is 70.6 Å². The number of hydrogen-bond donors (Lipinski definition) is 3. The van der Waals surface area contributed by atoms with Crippen LogP contribution in [0.5, 0.6) is 0 Å². The maximum atomic E-state index is 12.4. The molecule has 3 N–H and O–H groups in total. The zero-order valence-electron chi connectivity index (χ0n) is 29.4. The molecule has 0 aromatic heterocycles. The van der Waals surface area contributed by atoms with Crippen molar-refractivity contribution in [1.82, 2.24) is 5.32 Å². The van der Waals surface area contributed by atoms with Crippen molar-refractivity contribution in [2.75, 3.05) is 5.75 Å². The van der Waals surface area contributed by atoms with E-state index >= 15 is 0 Å². The number of hydrogen-bond acceptors (Lipinski definition) is 4. The number of nitrogens with one attached hydrogen (secondary N) is 1. The van der Waals surface area contributed by atoms with E-state index in [1.54, 1.807) is 6.08 Å². The minimum atomic E-state index is -4.36. The summed E-state index contributed by atoms with van der Waals surface area (Å²) in [6.45, 7) is 4.45. The van der Waals surface area contributed by atoms with Crippen molar-refractivity contribution in [3.8, 4) is 0 Å². The summed E-state index contributed by atoms with van der Waals surface area (Å²) in [5, 5.41) is 13.1. The van der Waals surface area contributed by atoms with Crippen LogP contribution in [0, 0.1) is 0 Å². The summed E-state index contributed by atoms with van der Waals surface area (Å²) in [7, 11) is -4.36. The minimum absolute atomic E-state index is 0.266. The monoisotopic (exact) mass is 663 g/mol. The van der Waals surface area contributed by atoms with Crippen molar-refractivity contribution >= 4 is 16.0 Å². The third kappa shape index (κ3) is 33.4. The lowest BCUT2D eigenvalue weighted by molar-refractivity contribution is -0.122. The van der Waals surface area contributed by atoms with Crippen LogP contribution in [0.3, 0.4) is 0 Å². The summed E-state index contributed by atoms with van der Waals surface area (Å²) in [5.41, 5.74) is 0. The molecule has 0 aliphatic rings. The maximum Gasteiger partial charge on any atom is 0.267 e. The van der Waals surface area contributed by atoms with Crippen LogP contribution in [-0.2, 0) is 14.9 Å². The Morgan fingerprint density at radius 2 is 1.02 bits per heavy atom. The van der Waals surface area contributed by atoms with Gasteiger partial charge in [-0.3, -0.25) is 9.35 Å². The third-order valence-corrected chi connectivity index (χ3v) is 8.67. The van der Waals surface area contributed by atoms with E-state index in [0.717, 1.165) is 64.2 Å². The average molecular weight is 664 g/mol. The van der Waals surface area contributed by atoms with Gasteiger partial charge in [-0.25, -0.2) is 0 Å². The quantitative estimate of drug-likeness (QED) is 0.0377. The minimum Gasteiger partial charge on any atom is -0.387 e. The second-order valence-corrected chi connectivity index (χ2v) is 14.0. The Hall–Kier alpha value is -1.96. The van der Waals surface area contributed by atoms with E-state index in [1.165, 1.54) is 70.3 Å². The molecule has 0 aliphatic carbocycles. The Labute approximate surface area is 283 Å². The van der Waals surface area contributed by atoms with Crippen LogP contribution in [0.1, 0.15) is 162 Å². The first kappa shape index (κ1) is 44.0. The average Bonchev–Trinajstić information content (AvgIpc) is 3.01. The first-order valence-electron chi connectivity index (χ1n) is 18.5. The van der Waals surface area contributed by atoms with Gasteiger partial charge in [0.1, 0.15) is 0 Å². The van der Waals surface area contributed by atoms with Crippen LogP contribution in [-0.4, -0.2) is 41.9 Å². The molecule has 6 nitrogen and oxygen atoms in total. The molecule has 0 aromatic carbocycles. The van der Waals surface area contributed by atoms with Gasteiger partial charge in [-0.2, -0.15) is 8.42 Å². The van der Waals surface area contributed by atoms with E-state index in [-0.39, 0.29) is 12.3 Å². The molecule has 0 aromatic rings. The second kappa shape index (κ2) is 33.0. The van der Waals surface area contributed by atoms with Crippen molar-refractivity contribution in [1.29, 1.82) is 0 Å². The van der Waals surface area contributed by atoms with Gasteiger partial charge < -0.3 is 10.4 Å². The van der Waals surface area contributed by atoms with Crippen molar-refractivity contribution in [2.24, 2.45) is 0 Å². The summed E-state index contributed by atoms with van der Waals surface area (Å²) in [4.78, 5) is 12.4. The van der Waals surface area contributed by atoms with Crippen LogP contribution >= 0.6 is 0 Å². The summed E-state index contributed by atoms with van der Waals surface area (Å²) in [6.07, 6.45) is 44.8. The lowest BCUT2D eigenvalue weighted by Crippen LogP contribution is -2.46. The van der Waals surface area contributed by atoms with Gasteiger partial charge in [-0.15, -0.1) is 0 Å². The summed E-state index contributed by atoms with van der Waals surface area (Å²) in [5.74, 6) is -1.03. The van der Waals surface area contributed by atoms with Gasteiger partial charge in [-0.1, -0.05) is 145 Å². The molecule has 2 atom stereocenters. The van der Waals surface area contributed by atoms with Gasteiger partial charge in [0, 0.05) is 6.42 Å². The van der Waals surface area contributed by atoms with Crippen molar-refractivity contribution < 1.29 is 22.9 Å². The van der Waals surface area contributed by atoms with Crippen LogP contribution < -0.4 is 5.32 Å². The van der Waals surface area contributed by atoms with E-state index in [4.69, 9.17) is 0 Å². The molecule has 0 saturated carbocycles. The molecule has 0 aliphatic heterocycles. The lowest BCUT2D eigenvalue weighted by Gasteiger charge is -2.21. The van der Waals surface area contributed by atoms with Crippen LogP contribution in [0.25, 0.3) is 0 Å². The molecule has 0 fully saturated rings. The van der Waals surface area contributed by atoms with Crippen LogP contribution in [0.2, 0.25) is 0 Å². The zero-order chi connectivity index (χ0) is 34.0. The second-order valence-electron chi connectivity index (χ2n) is 12.5. The number of carbonyl (C=O) groups excluding carboxylic acids is 1. The predicted molar refractivity (Wildman–Crippen MR) is 198 cm³/mol. The SMILES string of the molecule is CCCC/C=C\C/C=C\CCCCCCCC(=O)NC(CS(=O)(=O)O)C(O)/C=C/CC/C=C/CC/C=C/CCCCCCCCC. The Morgan fingerprint density at radius 3 is 1.57 bits per heavy atom. The van der Waals surface area contributed by atoms with E-state index in [1.807, 2.05) is 0 Å². The van der Waals surface area contributed by atoms with Gasteiger partial charge >= 0.3 is 0 Å². The van der Waals surface area contributed by atoms with Gasteiger partial charge in [0.15, 0.2) is 0 Å². The van der Waals surface area contributed by atoms with Gasteiger partial charge in [0.05, 0.1) is 17.9 Å². The molecular weight excluding hydrogens is 594 g/mol. The molecule has 0 spiro atoms. The fraction of sp³-hybridized carbons (Fsp3) is 0.718. The number of rotatable bonds is 32. The number of carbonyl (C=O) groups is 1. The Morgan fingerprint density at radius 1 is 0.587 bits per heavy atom. The molecule has 0 heterocycles. The highest BCUT2D eigenvalue weighted by Crippen LogP contribution is 2.11. The summed E-state index contributed by atoms with van der Waals surface area (Å²) >= 11 is 0. The summed E-state index contributed by atoms with van der Waals surface area (Å²) in [6, 6.07) is -1.09. The summed E-state index contributed by atoms with van der Waals surface area (Å²) < 4.78 is 32.4. The van der Waals surface area contributed by atoms with Crippen molar-refractivity contribution in [3.63, 3.8) is 0 Å². The van der Waals surface area contributed by atoms with E-state index in [2.05, 4.69) is 67.8 Å². The largest absolute Gasteiger partial charge is 0.387 e. The van der Waals surface area contributed by atoms with Crippen molar-refractivity contribution in [3.05, 3.63) is 60.8 Å². The highest BCUT2D eigenvalue weighted by Gasteiger charge is 2.24. The highest BCUT2D eigenvalue weighted by molar-refractivity contribution is 7.85. The smallest absolute Gasteiger partial charge is 0.267 e. The first-order chi connectivity index (χ1) is 22.3. The normalized spacial score (nSPS) is 14.1. The number of aliphatic hydroxyl groups is 1. The number of allylic oxidation sites excluding steroid dienone is 9. The van der Waals surface area contributed by atoms with E-state index in [9.17, 15) is 22.9 Å². The zero-order valence-corrected chi connectivity index (χ0v) is 30.2. The van der Waals surface area contributed by atoms with E-state index < -0.39 is 28.0 Å². The molecule has 2 unspecified atom stereocenters. The fourth-order valence-electron chi connectivity index (χ4n) is 5.08. The predicted octanol–water partition coefficient (Wildman–Crippen LogP) is 10.5. The third-order valence-electron chi connectivity index (χ3n) is 7.89. The first-order valence-corrected chi connectivity index (χ1v) is 20.1. The fourth-order valence-corrected chi connectivity index (χ4v) is 5.82. The molecule has 0 bridgehead atoms. The Kier molecular flexibility index (Phi) is 31.6. The Bertz CT molecular complexity index is 951. The van der Waals surface area contributed by atoms with Crippen LogP contribution in [0.4, 0.5) is 0 Å². The molecule has 46 heavy (non-hydrogen) atoms. The molecule has 1 amide bonds. The molecular formula is C39H69NO5S. The van der Waals surface area contributed by atoms with Gasteiger partial charge in [0.25, 0.3) is 10.1 Å². The maximum absolute atomic E-state index is 12.4. The number of unbranched alkanes of at least 4 members (excludes halogenated alkanes) is 16. The molecule has 0 rings (SSSR count). The molecule has 7 heteroatoms. The highest BCUT2D eigenvalue weighted by atomic mass is 32.2. The standard InChI is InChI=1S/C39H69NO5S/c1-3-5-7-9-11-13-15-17-19-20-21-22-24-26-28-30-32-34-38(41)37(36-46(43,44)45)40-39(42)35-33-31-29-27-25-23-18-16-14-12-10-8-6-4-2/h10,12,16,18-20,24,26,32,34,37-38,41H,3-9,11,13-15,17,21-23,25,27-31,33,35-36H2,1-2H3,(H,40,42)(H,43,44,45)/b12-10-,18-16-,20-19+,26-24+,34-32+. The lowest BCUT2D eigenvalue weighted by atomic mass is 10.1. The Balaban J connectivity index is 4.11. The van der Waals surface area contributed by atoms with E-state index in [0.29, 0.717) is 12.8 Å². The molecule has 0 saturated heterocycles. The number of aliphatic hydroxyl groups excluding tert-OH is 1. The van der Waals surface area contributed by atoms with Gasteiger partial charge in [0.2, 0.25) is 5.91 Å². The van der Waals surface area contributed by atoms with Crippen molar-refractivity contribution in [2.45, 2.75) is 174 Å². The number of amides is 1. The topological polar surface area (TPSA) is 104 Å². The molecule has 266 valence electrons. The molecule has 0 radical (unpaired) electrons. The van der Waals surface area contributed by atoms with Crippen LogP contribution in [0.15, 0.2) is 60.8 Å².